The summed E-state index contributed by atoms with van der Waals surface area (Å²) in [5.74, 6) is -0.0560. The van der Waals surface area contributed by atoms with Gasteiger partial charge in [0.05, 0.1) is 14.9 Å². The lowest BCUT2D eigenvalue weighted by atomic mass is 10.3. The smallest absolute Gasteiger partial charge is 0.261 e. The Hall–Kier alpha value is -1.14. The summed E-state index contributed by atoms with van der Waals surface area (Å²) in [7, 11) is 1.85. The van der Waals surface area contributed by atoms with E-state index in [1.165, 1.54) is 11.3 Å². The fraction of sp³-hybridized carbons (Fsp3) is 0.200. The van der Waals surface area contributed by atoms with Crippen LogP contribution in [0.2, 0.25) is 0 Å². The monoisotopic (exact) mass is 299 g/mol. The molecular formula is C10H10BrN3OS. The molecule has 0 unspecified atom stereocenters. The molecule has 0 aliphatic carbocycles. The van der Waals surface area contributed by atoms with Gasteiger partial charge >= 0.3 is 0 Å². The lowest BCUT2D eigenvalue weighted by Gasteiger charge is -2.00. The number of aromatic nitrogens is 2. The molecule has 0 aromatic carbocycles. The van der Waals surface area contributed by atoms with Crippen LogP contribution in [0, 0.1) is 0 Å². The van der Waals surface area contributed by atoms with Crippen LogP contribution >= 0.6 is 27.3 Å². The van der Waals surface area contributed by atoms with E-state index in [0.717, 1.165) is 9.35 Å². The largest absolute Gasteiger partial charge is 0.347 e. The quantitative estimate of drug-likeness (QED) is 0.944. The number of carbonyl (C=O) groups is 1. The van der Waals surface area contributed by atoms with Crippen molar-refractivity contribution < 1.29 is 4.79 Å². The van der Waals surface area contributed by atoms with Crippen LogP contribution < -0.4 is 5.32 Å². The summed E-state index contributed by atoms with van der Waals surface area (Å²) in [4.78, 5) is 12.4. The molecule has 0 saturated heterocycles. The van der Waals surface area contributed by atoms with E-state index in [4.69, 9.17) is 0 Å². The SMILES string of the molecule is Cn1cc(CNC(=O)c2ccc(Br)s2)cn1. The molecule has 0 aliphatic heterocycles. The molecule has 1 amide bonds. The second-order valence-electron chi connectivity index (χ2n) is 3.31. The van der Waals surface area contributed by atoms with E-state index in [1.54, 1.807) is 16.9 Å². The Morgan fingerprint density at radius 2 is 2.44 bits per heavy atom. The van der Waals surface area contributed by atoms with Crippen LogP contribution in [0.15, 0.2) is 28.3 Å². The first kappa shape index (κ1) is 11.3. The van der Waals surface area contributed by atoms with Gasteiger partial charge < -0.3 is 5.32 Å². The van der Waals surface area contributed by atoms with Gasteiger partial charge in [0.2, 0.25) is 0 Å². The zero-order chi connectivity index (χ0) is 11.5. The average Bonchev–Trinajstić information content (AvgIpc) is 2.84. The standard InChI is InChI=1S/C10H10BrN3OS/c1-14-6-7(5-13-14)4-12-10(15)8-2-3-9(11)16-8/h2-3,5-6H,4H2,1H3,(H,12,15). The molecule has 0 bridgehead atoms. The van der Waals surface area contributed by atoms with Gasteiger partial charge in [0.25, 0.3) is 5.91 Å². The van der Waals surface area contributed by atoms with Crippen molar-refractivity contribution in [2.75, 3.05) is 0 Å². The van der Waals surface area contributed by atoms with Gasteiger partial charge in [0, 0.05) is 25.4 Å². The van der Waals surface area contributed by atoms with Crippen LogP contribution in [0.5, 0.6) is 0 Å². The Kier molecular flexibility index (Phi) is 3.40. The predicted molar refractivity (Wildman–Crippen MR) is 66.4 cm³/mol. The molecule has 1 N–H and O–H groups in total. The summed E-state index contributed by atoms with van der Waals surface area (Å²) in [6.45, 7) is 0.502. The van der Waals surface area contributed by atoms with Gasteiger partial charge in [0.15, 0.2) is 0 Å². The van der Waals surface area contributed by atoms with E-state index in [9.17, 15) is 4.79 Å². The normalized spacial score (nSPS) is 10.4. The highest BCUT2D eigenvalue weighted by atomic mass is 79.9. The van der Waals surface area contributed by atoms with Crippen LogP contribution in [-0.2, 0) is 13.6 Å². The predicted octanol–water partition coefficient (Wildman–Crippen LogP) is 2.17. The molecule has 0 radical (unpaired) electrons. The molecule has 0 spiro atoms. The lowest BCUT2D eigenvalue weighted by Crippen LogP contribution is -2.21. The number of hydrogen-bond acceptors (Lipinski definition) is 3. The second-order valence-corrected chi connectivity index (χ2v) is 5.77. The van der Waals surface area contributed by atoms with Crippen molar-refractivity contribution >= 4 is 33.2 Å². The van der Waals surface area contributed by atoms with E-state index in [2.05, 4.69) is 26.3 Å². The molecule has 0 saturated carbocycles. The van der Waals surface area contributed by atoms with Crippen molar-refractivity contribution in [3.05, 3.63) is 38.8 Å². The first-order valence-corrected chi connectivity index (χ1v) is 6.27. The van der Waals surface area contributed by atoms with Gasteiger partial charge in [-0.05, 0) is 28.1 Å². The van der Waals surface area contributed by atoms with Crippen molar-refractivity contribution in [2.24, 2.45) is 7.05 Å². The summed E-state index contributed by atoms with van der Waals surface area (Å²) in [6.07, 6.45) is 3.62. The van der Waals surface area contributed by atoms with Gasteiger partial charge in [-0.25, -0.2) is 0 Å². The Morgan fingerprint density at radius 3 is 3.00 bits per heavy atom. The van der Waals surface area contributed by atoms with E-state index in [-0.39, 0.29) is 5.91 Å². The van der Waals surface area contributed by atoms with Crippen molar-refractivity contribution in [3.63, 3.8) is 0 Å². The minimum atomic E-state index is -0.0560. The number of amides is 1. The van der Waals surface area contributed by atoms with Gasteiger partial charge in [-0.15, -0.1) is 11.3 Å². The third kappa shape index (κ3) is 2.70. The fourth-order valence-corrected chi connectivity index (χ4v) is 2.57. The van der Waals surface area contributed by atoms with Crippen molar-refractivity contribution in [1.82, 2.24) is 15.1 Å². The van der Waals surface area contributed by atoms with Crippen LogP contribution in [0.3, 0.4) is 0 Å². The van der Waals surface area contributed by atoms with Gasteiger partial charge in [-0.2, -0.15) is 5.10 Å². The first-order chi connectivity index (χ1) is 7.65. The molecular weight excluding hydrogens is 290 g/mol. The molecule has 2 aromatic heterocycles. The number of rotatable bonds is 3. The summed E-state index contributed by atoms with van der Waals surface area (Å²) in [5, 5.41) is 6.87. The van der Waals surface area contributed by atoms with Crippen molar-refractivity contribution in [2.45, 2.75) is 6.54 Å². The lowest BCUT2D eigenvalue weighted by molar-refractivity contribution is 0.0955. The highest BCUT2D eigenvalue weighted by molar-refractivity contribution is 9.11. The number of halogens is 1. The van der Waals surface area contributed by atoms with E-state index in [1.807, 2.05) is 19.3 Å². The topological polar surface area (TPSA) is 46.9 Å². The second kappa shape index (κ2) is 4.80. The molecule has 0 fully saturated rings. The summed E-state index contributed by atoms with van der Waals surface area (Å²) in [5.41, 5.74) is 0.992. The highest BCUT2D eigenvalue weighted by Crippen LogP contribution is 2.21. The van der Waals surface area contributed by atoms with Crippen molar-refractivity contribution in [3.8, 4) is 0 Å². The van der Waals surface area contributed by atoms with E-state index < -0.39 is 0 Å². The van der Waals surface area contributed by atoms with Gasteiger partial charge in [-0.3, -0.25) is 9.48 Å². The number of nitrogens with one attached hydrogen (secondary N) is 1. The molecule has 2 rings (SSSR count). The van der Waals surface area contributed by atoms with E-state index in [0.29, 0.717) is 11.4 Å². The van der Waals surface area contributed by atoms with Crippen LogP contribution in [-0.4, -0.2) is 15.7 Å². The fourth-order valence-electron chi connectivity index (χ4n) is 1.27. The average molecular weight is 300 g/mol. The molecule has 2 aromatic rings. The maximum Gasteiger partial charge on any atom is 0.261 e. The van der Waals surface area contributed by atoms with Crippen LogP contribution in [0.1, 0.15) is 15.2 Å². The third-order valence-corrected chi connectivity index (χ3v) is 3.63. The first-order valence-electron chi connectivity index (χ1n) is 4.66. The summed E-state index contributed by atoms with van der Waals surface area (Å²) in [6, 6.07) is 3.66. The van der Waals surface area contributed by atoms with Crippen LogP contribution in [0.25, 0.3) is 0 Å². The minimum absolute atomic E-state index is 0.0560. The Labute approximate surface area is 105 Å². The Bertz CT molecular complexity index is 506. The third-order valence-electron chi connectivity index (χ3n) is 2.01. The van der Waals surface area contributed by atoms with Crippen molar-refractivity contribution in [1.29, 1.82) is 0 Å². The van der Waals surface area contributed by atoms with Crippen LogP contribution in [0.4, 0.5) is 0 Å². The Balaban J connectivity index is 1.93. The molecule has 4 nitrogen and oxygen atoms in total. The van der Waals surface area contributed by atoms with E-state index >= 15 is 0 Å². The molecule has 2 heterocycles. The zero-order valence-corrected chi connectivity index (χ0v) is 11.0. The maximum atomic E-state index is 11.7. The highest BCUT2D eigenvalue weighted by Gasteiger charge is 2.08. The number of carbonyl (C=O) groups excluding carboxylic acids is 1. The van der Waals surface area contributed by atoms with Gasteiger partial charge in [-0.1, -0.05) is 0 Å². The molecule has 0 atom stereocenters. The Morgan fingerprint density at radius 1 is 1.62 bits per heavy atom. The molecule has 84 valence electrons. The molecule has 16 heavy (non-hydrogen) atoms. The number of aryl methyl sites for hydroxylation is 1. The number of nitrogens with zero attached hydrogens (tertiary/aromatic N) is 2. The number of thiophene rings is 1. The summed E-state index contributed by atoms with van der Waals surface area (Å²) < 4.78 is 2.67. The van der Waals surface area contributed by atoms with Gasteiger partial charge in [0.1, 0.15) is 0 Å². The molecule has 6 heteroatoms. The summed E-state index contributed by atoms with van der Waals surface area (Å²) >= 11 is 4.74. The minimum Gasteiger partial charge on any atom is -0.347 e. The zero-order valence-electron chi connectivity index (χ0n) is 8.61. The molecule has 0 aliphatic rings. The maximum absolute atomic E-state index is 11.7. The number of hydrogen-bond donors (Lipinski definition) is 1.